The Morgan fingerprint density at radius 2 is 1.97 bits per heavy atom. The number of amides is 2. The van der Waals surface area contributed by atoms with Gasteiger partial charge in [0.05, 0.1) is 0 Å². The molecule has 3 aromatic rings. The Balaban J connectivity index is 1.23. The van der Waals surface area contributed by atoms with Crippen LogP contribution in [0.4, 0.5) is 10.5 Å². The Hall–Kier alpha value is -2.50. The van der Waals surface area contributed by atoms with E-state index < -0.39 is 0 Å². The molecular formula is C25H29ClN4O. The summed E-state index contributed by atoms with van der Waals surface area (Å²) in [7, 11) is 1.64. The van der Waals surface area contributed by atoms with Crippen molar-refractivity contribution < 1.29 is 4.79 Å². The molecule has 1 saturated heterocycles. The van der Waals surface area contributed by atoms with Crippen LogP contribution in [0.1, 0.15) is 47.8 Å². The number of rotatable bonds is 4. The van der Waals surface area contributed by atoms with Gasteiger partial charge in [0.15, 0.2) is 0 Å². The standard InChI is InChI=1S/C25H29ClN4O/c1-27-25(31)29-20-6-4-16-2-3-18(21(16)13-20)15-30-10-8-17(9-11-30)23-14-28-24-7-5-19(26)12-22(23)24/h4-7,12-14,17-18,28H,2-3,8-11,15H2,1H3,(H2,27,29,31). The number of aromatic amines is 1. The van der Waals surface area contributed by atoms with E-state index in [2.05, 4.69) is 51.0 Å². The predicted molar refractivity (Wildman–Crippen MR) is 127 cm³/mol. The Labute approximate surface area is 188 Å². The quantitative estimate of drug-likeness (QED) is 0.507. The molecule has 31 heavy (non-hydrogen) atoms. The Kier molecular flexibility index (Phi) is 5.63. The third kappa shape index (κ3) is 4.17. The molecule has 1 aliphatic heterocycles. The van der Waals surface area contributed by atoms with Crippen LogP contribution < -0.4 is 10.6 Å². The van der Waals surface area contributed by atoms with Crippen LogP contribution in [-0.4, -0.2) is 42.6 Å². The average Bonchev–Trinajstić information content (AvgIpc) is 3.38. The van der Waals surface area contributed by atoms with Gasteiger partial charge in [-0.15, -0.1) is 0 Å². The second-order valence-corrected chi connectivity index (χ2v) is 9.30. The second kappa shape index (κ2) is 8.56. The molecule has 2 aromatic carbocycles. The number of urea groups is 1. The van der Waals surface area contributed by atoms with E-state index in [9.17, 15) is 4.79 Å². The van der Waals surface area contributed by atoms with Crippen molar-refractivity contribution >= 4 is 34.2 Å². The highest BCUT2D eigenvalue weighted by molar-refractivity contribution is 6.31. The molecule has 1 aliphatic carbocycles. The molecule has 0 saturated carbocycles. The molecule has 1 atom stereocenters. The smallest absolute Gasteiger partial charge is 0.318 e. The van der Waals surface area contributed by atoms with Crippen LogP contribution in [0.25, 0.3) is 10.9 Å². The Morgan fingerprint density at radius 3 is 2.77 bits per heavy atom. The van der Waals surface area contributed by atoms with Gasteiger partial charge < -0.3 is 20.5 Å². The number of hydrogen-bond acceptors (Lipinski definition) is 2. The molecule has 6 heteroatoms. The first-order valence-corrected chi connectivity index (χ1v) is 11.6. The first-order valence-electron chi connectivity index (χ1n) is 11.2. The number of aryl methyl sites for hydroxylation is 1. The summed E-state index contributed by atoms with van der Waals surface area (Å²) in [6.45, 7) is 3.35. The normalized spacial score (nSPS) is 19.5. The van der Waals surface area contributed by atoms with Crippen LogP contribution >= 0.6 is 11.6 Å². The monoisotopic (exact) mass is 436 g/mol. The Morgan fingerprint density at radius 1 is 1.13 bits per heavy atom. The topological polar surface area (TPSA) is 60.2 Å². The zero-order chi connectivity index (χ0) is 21.4. The minimum atomic E-state index is -0.171. The number of hydrogen-bond donors (Lipinski definition) is 3. The van der Waals surface area contributed by atoms with Gasteiger partial charge >= 0.3 is 6.03 Å². The molecule has 1 aromatic heterocycles. The number of likely N-dealkylation sites (tertiary alicyclic amines) is 1. The largest absolute Gasteiger partial charge is 0.361 e. The number of nitrogens with one attached hydrogen (secondary N) is 3. The number of carbonyl (C=O) groups is 1. The van der Waals surface area contributed by atoms with Crippen molar-refractivity contribution in [3.8, 4) is 0 Å². The third-order valence-electron chi connectivity index (χ3n) is 7.01. The first-order chi connectivity index (χ1) is 15.1. The zero-order valence-corrected chi connectivity index (χ0v) is 18.6. The lowest BCUT2D eigenvalue weighted by Gasteiger charge is -2.33. The summed E-state index contributed by atoms with van der Waals surface area (Å²) in [4.78, 5) is 17.7. The third-order valence-corrected chi connectivity index (χ3v) is 7.25. The molecule has 162 valence electrons. The number of nitrogens with zero attached hydrogens (tertiary/aromatic N) is 1. The van der Waals surface area contributed by atoms with Crippen molar-refractivity contribution in [1.29, 1.82) is 0 Å². The molecule has 2 heterocycles. The molecular weight excluding hydrogens is 408 g/mol. The van der Waals surface area contributed by atoms with Gasteiger partial charge in [0, 0.05) is 41.4 Å². The second-order valence-electron chi connectivity index (χ2n) is 8.86. The molecule has 1 fully saturated rings. The highest BCUT2D eigenvalue weighted by Crippen LogP contribution is 2.38. The summed E-state index contributed by atoms with van der Waals surface area (Å²) in [5, 5.41) is 7.60. The molecule has 0 bridgehead atoms. The molecule has 2 aliphatic rings. The lowest BCUT2D eigenvalue weighted by atomic mass is 9.88. The van der Waals surface area contributed by atoms with E-state index in [1.807, 2.05) is 12.1 Å². The minimum Gasteiger partial charge on any atom is -0.361 e. The highest BCUT2D eigenvalue weighted by Gasteiger charge is 2.28. The van der Waals surface area contributed by atoms with Gasteiger partial charge in [-0.3, -0.25) is 0 Å². The summed E-state index contributed by atoms with van der Waals surface area (Å²) >= 11 is 6.24. The molecule has 1 unspecified atom stereocenters. The van der Waals surface area contributed by atoms with E-state index in [0.29, 0.717) is 11.8 Å². The first kappa shape index (κ1) is 20.4. The predicted octanol–water partition coefficient (Wildman–Crippen LogP) is 5.48. The maximum Gasteiger partial charge on any atom is 0.318 e. The fourth-order valence-electron chi connectivity index (χ4n) is 5.34. The van der Waals surface area contributed by atoms with Crippen LogP contribution in [0.2, 0.25) is 5.02 Å². The molecule has 0 spiro atoms. The summed E-state index contributed by atoms with van der Waals surface area (Å²) in [6, 6.07) is 12.3. The van der Waals surface area contributed by atoms with Crippen molar-refractivity contribution in [2.75, 3.05) is 32.0 Å². The molecule has 0 radical (unpaired) electrons. The van der Waals surface area contributed by atoms with E-state index in [-0.39, 0.29) is 6.03 Å². The zero-order valence-electron chi connectivity index (χ0n) is 17.9. The van der Waals surface area contributed by atoms with Crippen molar-refractivity contribution in [3.63, 3.8) is 0 Å². The van der Waals surface area contributed by atoms with Crippen molar-refractivity contribution in [2.45, 2.75) is 37.5 Å². The van der Waals surface area contributed by atoms with Gasteiger partial charge in [0.1, 0.15) is 0 Å². The van der Waals surface area contributed by atoms with Gasteiger partial charge in [-0.1, -0.05) is 17.7 Å². The number of fused-ring (bicyclic) bond motifs is 2. The van der Waals surface area contributed by atoms with Crippen molar-refractivity contribution in [3.05, 3.63) is 64.3 Å². The fourth-order valence-corrected chi connectivity index (χ4v) is 5.51. The van der Waals surface area contributed by atoms with Crippen molar-refractivity contribution in [2.24, 2.45) is 0 Å². The molecule has 2 amide bonds. The summed E-state index contributed by atoms with van der Waals surface area (Å²) in [6.07, 6.45) is 6.86. The van der Waals surface area contributed by atoms with Crippen molar-refractivity contribution in [1.82, 2.24) is 15.2 Å². The number of piperidine rings is 1. The Bertz CT molecular complexity index is 1100. The van der Waals surface area contributed by atoms with Crippen LogP contribution in [0, 0.1) is 0 Å². The van der Waals surface area contributed by atoms with Gasteiger partial charge in [-0.2, -0.15) is 0 Å². The number of benzene rings is 2. The lowest BCUT2D eigenvalue weighted by molar-refractivity contribution is 0.200. The summed E-state index contributed by atoms with van der Waals surface area (Å²) in [5.41, 5.74) is 6.29. The molecule has 3 N–H and O–H groups in total. The summed E-state index contributed by atoms with van der Waals surface area (Å²) in [5.74, 6) is 1.13. The van der Waals surface area contributed by atoms with Crippen LogP contribution in [0.3, 0.4) is 0 Å². The fraction of sp³-hybridized carbons (Fsp3) is 0.400. The minimum absolute atomic E-state index is 0.171. The molecule has 5 rings (SSSR count). The number of aromatic nitrogens is 1. The van der Waals surface area contributed by atoms with E-state index in [1.54, 1.807) is 7.05 Å². The number of carbonyl (C=O) groups excluding carboxylic acids is 1. The van der Waals surface area contributed by atoms with Gasteiger partial charge in [0.25, 0.3) is 0 Å². The van der Waals surface area contributed by atoms with E-state index >= 15 is 0 Å². The van der Waals surface area contributed by atoms with Gasteiger partial charge in [-0.25, -0.2) is 4.79 Å². The van der Waals surface area contributed by atoms with E-state index in [0.717, 1.165) is 36.8 Å². The molecule has 5 nitrogen and oxygen atoms in total. The van der Waals surface area contributed by atoms with Crippen LogP contribution in [-0.2, 0) is 6.42 Å². The highest BCUT2D eigenvalue weighted by atomic mass is 35.5. The average molecular weight is 437 g/mol. The van der Waals surface area contributed by atoms with Gasteiger partial charge in [0.2, 0.25) is 0 Å². The summed E-state index contributed by atoms with van der Waals surface area (Å²) < 4.78 is 0. The van der Waals surface area contributed by atoms with Crippen LogP contribution in [0.15, 0.2) is 42.6 Å². The van der Waals surface area contributed by atoms with Crippen LogP contribution in [0.5, 0.6) is 0 Å². The van der Waals surface area contributed by atoms with E-state index in [4.69, 9.17) is 11.6 Å². The van der Waals surface area contributed by atoms with E-state index in [1.165, 1.54) is 46.9 Å². The number of H-pyrrole nitrogens is 1. The maximum atomic E-state index is 11.7. The lowest BCUT2D eigenvalue weighted by Crippen LogP contribution is -2.35. The number of anilines is 1. The maximum absolute atomic E-state index is 11.7. The number of halogens is 1. The SMILES string of the molecule is CNC(=O)Nc1ccc2c(c1)C(CN1CCC(c3c[nH]c4ccc(Cl)cc34)CC1)CC2. The van der Waals surface area contributed by atoms with Gasteiger partial charge in [-0.05, 0) is 97.6 Å².